The first kappa shape index (κ1) is 15.7. The largest absolute Gasteiger partial charge is 1.00 e. The van der Waals surface area contributed by atoms with Crippen LogP contribution >= 0.6 is 0 Å². The first-order valence-corrected chi connectivity index (χ1v) is 4.48. The normalized spacial score (nSPS) is 9.31. The van der Waals surface area contributed by atoms with Crippen molar-refractivity contribution in [3.8, 4) is 17.2 Å². The molecule has 0 aromatic heterocycles. The zero-order valence-electron chi connectivity index (χ0n) is 10.2. The number of hydrogen-bond acceptors (Lipinski definition) is 5. The van der Waals surface area contributed by atoms with E-state index in [0.29, 0.717) is 6.42 Å². The van der Waals surface area contributed by atoms with Crippen LogP contribution in [0, 0.1) is 0 Å². The molecule has 6 heteroatoms. The number of aromatic hydroxyl groups is 3. The number of phenols is 3. The van der Waals surface area contributed by atoms with Gasteiger partial charge in [0, 0.05) is 0 Å². The van der Waals surface area contributed by atoms with Gasteiger partial charge in [0.05, 0.1) is 12.2 Å². The molecule has 0 saturated heterocycles. The van der Waals surface area contributed by atoms with Gasteiger partial charge in [-0.2, -0.15) is 0 Å². The Morgan fingerprint density at radius 3 is 2.25 bits per heavy atom. The predicted octanol–water partition coefficient (Wildman–Crippen LogP) is -1.51. The van der Waals surface area contributed by atoms with Gasteiger partial charge in [0.15, 0.2) is 17.2 Å². The molecule has 16 heavy (non-hydrogen) atoms. The van der Waals surface area contributed by atoms with E-state index >= 15 is 0 Å². The molecule has 0 aliphatic heterocycles. The zero-order chi connectivity index (χ0) is 11.4. The van der Waals surface area contributed by atoms with Gasteiger partial charge in [-0.25, -0.2) is 4.79 Å². The average Bonchev–Trinajstić information content (AvgIpc) is 2.21. The second kappa shape index (κ2) is 7.13. The Hall–Kier alpha value is -0.274. The minimum absolute atomic E-state index is 0. The predicted molar refractivity (Wildman–Crippen MR) is 53.1 cm³/mol. The number of carbonyl (C=O) groups is 1. The monoisotopic (exact) mass is 252 g/mol. The van der Waals surface area contributed by atoms with Gasteiger partial charge in [-0.15, -0.1) is 0 Å². The molecule has 0 radical (unpaired) electrons. The second-order valence-electron chi connectivity index (χ2n) is 3.00. The quantitative estimate of drug-likeness (QED) is 0.346. The Morgan fingerprint density at radius 1 is 1.31 bits per heavy atom. The van der Waals surface area contributed by atoms with Crippen LogP contribution in [0.2, 0.25) is 0 Å². The van der Waals surface area contributed by atoms with E-state index < -0.39 is 23.2 Å². The summed E-state index contributed by atoms with van der Waals surface area (Å²) in [6.45, 7) is 2.11. The number of hydrogen-bond donors (Lipinski definition) is 3. The summed E-state index contributed by atoms with van der Waals surface area (Å²) in [5.41, 5.74) is -0.00347. The smallest absolute Gasteiger partial charge is 1.00 e. The van der Waals surface area contributed by atoms with Crippen LogP contribution in [0.15, 0.2) is 12.1 Å². The molecular formula is C10H13KO5. The van der Waals surface area contributed by atoms with Crippen molar-refractivity contribution in [3.05, 3.63) is 17.7 Å². The maximum Gasteiger partial charge on any atom is 1.00 e. The SMILES string of the molecule is CCCOC(=O)c1cc(O)c(O)c(O)c1.[H-].[K+]. The van der Waals surface area contributed by atoms with Crippen molar-refractivity contribution in [2.24, 2.45) is 0 Å². The van der Waals surface area contributed by atoms with E-state index in [0.717, 1.165) is 12.1 Å². The maximum atomic E-state index is 11.3. The van der Waals surface area contributed by atoms with Crippen LogP contribution in [0.4, 0.5) is 0 Å². The molecule has 0 amide bonds. The van der Waals surface area contributed by atoms with Gasteiger partial charge in [-0.3, -0.25) is 0 Å². The third-order valence-corrected chi connectivity index (χ3v) is 1.74. The third kappa shape index (κ3) is 3.95. The molecule has 0 saturated carbocycles. The standard InChI is InChI=1S/C10H12O5.K.H/c1-2-3-15-10(14)6-4-7(11)9(13)8(12)5-6;;/h4-5,11-13H,2-3H2,1H3;;/q;+1;-1. The molecule has 1 aromatic rings. The topological polar surface area (TPSA) is 87.0 Å². The summed E-state index contributed by atoms with van der Waals surface area (Å²) in [5.74, 6) is -2.42. The molecule has 0 aliphatic carbocycles. The molecule has 1 aromatic carbocycles. The van der Waals surface area contributed by atoms with Gasteiger partial charge >= 0.3 is 57.4 Å². The van der Waals surface area contributed by atoms with E-state index in [1.165, 1.54) is 0 Å². The van der Waals surface area contributed by atoms with Crippen molar-refractivity contribution in [2.75, 3.05) is 6.61 Å². The van der Waals surface area contributed by atoms with Crippen LogP contribution in [0.5, 0.6) is 17.2 Å². The van der Waals surface area contributed by atoms with Gasteiger partial charge < -0.3 is 21.5 Å². The molecule has 0 atom stereocenters. The van der Waals surface area contributed by atoms with Crippen molar-refractivity contribution in [3.63, 3.8) is 0 Å². The summed E-state index contributed by atoms with van der Waals surface area (Å²) in [7, 11) is 0. The van der Waals surface area contributed by atoms with E-state index in [1.54, 1.807) is 0 Å². The van der Waals surface area contributed by atoms with Crippen LogP contribution in [0.25, 0.3) is 0 Å². The van der Waals surface area contributed by atoms with Gasteiger partial charge in [0.1, 0.15) is 0 Å². The van der Waals surface area contributed by atoms with Crippen molar-refractivity contribution in [1.82, 2.24) is 0 Å². The van der Waals surface area contributed by atoms with Crippen LogP contribution in [0.1, 0.15) is 25.1 Å². The molecule has 84 valence electrons. The van der Waals surface area contributed by atoms with E-state index in [2.05, 4.69) is 0 Å². The fourth-order valence-electron chi connectivity index (χ4n) is 1.00. The Balaban J connectivity index is 0. The van der Waals surface area contributed by atoms with Gasteiger partial charge in [-0.1, -0.05) is 6.92 Å². The number of phenolic OH excluding ortho intramolecular Hbond substituents is 3. The summed E-state index contributed by atoms with van der Waals surface area (Å²) in [6, 6.07) is 2.07. The minimum Gasteiger partial charge on any atom is -1.00 e. The van der Waals surface area contributed by atoms with Crippen LogP contribution in [0.3, 0.4) is 0 Å². The fourth-order valence-corrected chi connectivity index (χ4v) is 1.00. The molecule has 1 rings (SSSR count). The summed E-state index contributed by atoms with van der Waals surface area (Å²) < 4.78 is 4.78. The molecular weight excluding hydrogens is 239 g/mol. The summed E-state index contributed by atoms with van der Waals surface area (Å²) >= 11 is 0. The molecule has 0 bridgehead atoms. The first-order valence-electron chi connectivity index (χ1n) is 4.48. The van der Waals surface area contributed by atoms with E-state index in [9.17, 15) is 4.79 Å². The summed E-state index contributed by atoms with van der Waals surface area (Å²) in [4.78, 5) is 11.3. The fraction of sp³-hybridized carbons (Fsp3) is 0.300. The summed E-state index contributed by atoms with van der Waals surface area (Å²) in [5, 5.41) is 27.3. The third-order valence-electron chi connectivity index (χ3n) is 1.74. The van der Waals surface area contributed by atoms with Gasteiger partial charge in [0.25, 0.3) is 0 Å². The van der Waals surface area contributed by atoms with Crippen LogP contribution in [-0.4, -0.2) is 27.9 Å². The molecule has 0 spiro atoms. The van der Waals surface area contributed by atoms with Gasteiger partial charge in [0.2, 0.25) is 0 Å². The molecule has 0 fully saturated rings. The number of ether oxygens (including phenoxy) is 1. The molecule has 5 nitrogen and oxygen atoms in total. The number of benzene rings is 1. The van der Waals surface area contributed by atoms with Crippen molar-refractivity contribution in [2.45, 2.75) is 13.3 Å². The average molecular weight is 252 g/mol. The molecule has 0 unspecified atom stereocenters. The summed E-state index contributed by atoms with van der Waals surface area (Å²) in [6.07, 6.45) is 0.682. The maximum absolute atomic E-state index is 11.3. The van der Waals surface area contributed by atoms with Crippen LogP contribution < -0.4 is 51.4 Å². The Kier molecular flexibility index (Phi) is 7.01. The Bertz CT molecular complexity index is 360. The molecule has 0 heterocycles. The van der Waals surface area contributed by atoms with E-state index in [4.69, 9.17) is 20.1 Å². The Labute approximate surface area is 137 Å². The van der Waals surface area contributed by atoms with Gasteiger partial charge in [-0.05, 0) is 18.6 Å². The number of esters is 1. The molecule has 3 N–H and O–H groups in total. The zero-order valence-corrected chi connectivity index (χ0v) is 12.4. The van der Waals surface area contributed by atoms with Crippen molar-refractivity contribution in [1.29, 1.82) is 0 Å². The Morgan fingerprint density at radius 2 is 1.81 bits per heavy atom. The first-order chi connectivity index (χ1) is 7.06. The van der Waals surface area contributed by atoms with Crippen molar-refractivity contribution < 1.29 is 77.7 Å². The van der Waals surface area contributed by atoms with E-state index in [1.807, 2.05) is 6.92 Å². The minimum atomic E-state index is -0.651. The second-order valence-corrected chi connectivity index (χ2v) is 3.00. The molecule has 0 aliphatic rings. The number of rotatable bonds is 3. The van der Waals surface area contributed by atoms with Crippen molar-refractivity contribution >= 4 is 5.97 Å². The number of carbonyl (C=O) groups excluding carboxylic acids is 1. The van der Waals surface area contributed by atoms with E-state index in [-0.39, 0.29) is 65.0 Å². The van der Waals surface area contributed by atoms with Crippen LogP contribution in [-0.2, 0) is 4.74 Å².